The number of sulfonamides is 1. The summed E-state index contributed by atoms with van der Waals surface area (Å²) in [7, 11) is -2.80. The molecular formula is C31H38FN3O5S. The Morgan fingerprint density at radius 2 is 1.63 bits per heavy atom. The van der Waals surface area contributed by atoms with Crippen molar-refractivity contribution in [1.82, 2.24) is 10.2 Å². The van der Waals surface area contributed by atoms with Gasteiger partial charge in [-0.25, -0.2) is 12.8 Å². The van der Waals surface area contributed by atoms with Gasteiger partial charge in [-0.05, 0) is 74.2 Å². The largest absolute Gasteiger partial charge is 0.495 e. The zero-order valence-electron chi connectivity index (χ0n) is 24.1. The van der Waals surface area contributed by atoms with E-state index >= 15 is 0 Å². The van der Waals surface area contributed by atoms with Crippen LogP contribution in [0.1, 0.15) is 44.7 Å². The average molecular weight is 584 g/mol. The van der Waals surface area contributed by atoms with Crippen LogP contribution in [0.5, 0.6) is 5.75 Å². The number of benzene rings is 3. The fourth-order valence-electron chi connectivity index (χ4n) is 4.38. The Bertz CT molecular complexity index is 1430. The summed E-state index contributed by atoms with van der Waals surface area (Å²) in [5.74, 6) is -1.10. The van der Waals surface area contributed by atoms with Crippen LogP contribution in [0.3, 0.4) is 0 Å². The van der Waals surface area contributed by atoms with E-state index in [0.717, 1.165) is 9.87 Å². The predicted octanol–water partition coefficient (Wildman–Crippen LogP) is 5.06. The van der Waals surface area contributed by atoms with E-state index in [2.05, 4.69) is 5.32 Å². The molecule has 0 heterocycles. The van der Waals surface area contributed by atoms with E-state index in [4.69, 9.17) is 4.74 Å². The van der Waals surface area contributed by atoms with E-state index < -0.39 is 34.3 Å². The highest BCUT2D eigenvalue weighted by molar-refractivity contribution is 7.92. The number of nitrogens with one attached hydrogen (secondary N) is 1. The Balaban J connectivity index is 2.11. The summed E-state index contributed by atoms with van der Waals surface area (Å²) in [4.78, 5) is 28.8. The number of rotatable bonds is 13. The van der Waals surface area contributed by atoms with Crippen molar-refractivity contribution in [2.45, 2.75) is 64.1 Å². The normalized spacial score (nSPS) is 12.7. The molecule has 8 nitrogen and oxygen atoms in total. The lowest BCUT2D eigenvalue weighted by atomic mass is 10.1. The van der Waals surface area contributed by atoms with Gasteiger partial charge < -0.3 is 15.0 Å². The van der Waals surface area contributed by atoms with Crippen molar-refractivity contribution in [1.29, 1.82) is 0 Å². The molecule has 2 amide bonds. The number of carbonyl (C=O) groups is 2. The number of ether oxygens (including phenoxy) is 1. The second-order valence-electron chi connectivity index (χ2n) is 9.89. The van der Waals surface area contributed by atoms with E-state index in [-0.39, 0.29) is 41.2 Å². The quantitative estimate of drug-likeness (QED) is 0.304. The molecule has 0 saturated carbocycles. The maximum absolute atomic E-state index is 14.1. The molecule has 220 valence electrons. The third-order valence-corrected chi connectivity index (χ3v) is 8.64. The number of methoxy groups -OCH3 is 1. The zero-order chi connectivity index (χ0) is 30.2. The van der Waals surface area contributed by atoms with E-state index in [0.29, 0.717) is 12.0 Å². The summed E-state index contributed by atoms with van der Waals surface area (Å²) in [5.41, 5.74) is 1.56. The number of carbonyl (C=O) groups excluding carboxylic acids is 2. The molecule has 0 aliphatic rings. The minimum Gasteiger partial charge on any atom is -0.495 e. The van der Waals surface area contributed by atoms with E-state index in [1.54, 1.807) is 43.3 Å². The lowest BCUT2D eigenvalue weighted by Crippen LogP contribution is -2.53. The van der Waals surface area contributed by atoms with Crippen LogP contribution in [-0.4, -0.2) is 50.9 Å². The Hall–Kier alpha value is -3.92. The van der Waals surface area contributed by atoms with Crippen LogP contribution < -0.4 is 14.4 Å². The van der Waals surface area contributed by atoms with Crippen LogP contribution in [0.2, 0.25) is 0 Å². The average Bonchev–Trinajstić information content (AvgIpc) is 2.96. The van der Waals surface area contributed by atoms with Crippen LogP contribution in [0, 0.1) is 12.7 Å². The van der Waals surface area contributed by atoms with Crippen molar-refractivity contribution in [2.24, 2.45) is 0 Å². The molecular weight excluding hydrogens is 545 g/mol. The lowest BCUT2D eigenvalue weighted by Gasteiger charge is -2.34. The van der Waals surface area contributed by atoms with Gasteiger partial charge in [-0.2, -0.15) is 0 Å². The summed E-state index contributed by atoms with van der Waals surface area (Å²) < 4.78 is 48.2. The Morgan fingerprint density at radius 1 is 0.976 bits per heavy atom. The monoisotopic (exact) mass is 583 g/mol. The molecule has 10 heteroatoms. The highest BCUT2D eigenvalue weighted by atomic mass is 32.2. The molecule has 2 atom stereocenters. The number of halogens is 1. The van der Waals surface area contributed by atoms with Gasteiger partial charge in [0, 0.05) is 12.6 Å². The predicted molar refractivity (Wildman–Crippen MR) is 158 cm³/mol. The lowest BCUT2D eigenvalue weighted by molar-refractivity contribution is -0.140. The van der Waals surface area contributed by atoms with Crippen LogP contribution in [-0.2, 0) is 26.2 Å². The Labute approximate surface area is 242 Å². The van der Waals surface area contributed by atoms with Crippen LogP contribution >= 0.6 is 0 Å². The first-order valence-electron chi connectivity index (χ1n) is 13.6. The van der Waals surface area contributed by atoms with Crippen LogP contribution in [0.15, 0.2) is 77.7 Å². The van der Waals surface area contributed by atoms with E-state index in [1.165, 1.54) is 48.4 Å². The fraction of sp³-hybridized carbons (Fsp3) is 0.355. The van der Waals surface area contributed by atoms with Crippen LogP contribution in [0.4, 0.5) is 10.1 Å². The molecule has 0 aliphatic heterocycles. The first kappa shape index (κ1) is 31.6. The van der Waals surface area contributed by atoms with Crippen molar-refractivity contribution in [2.75, 3.05) is 18.0 Å². The van der Waals surface area contributed by atoms with Crippen molar-refractivity contribution in [3.8, 4) is 5.75 Å². The van der Waals surface area contributed by atoms with Gasteiger partial charge in [-0.1, -0.05) is 50.2 Å². The number of anilines is 1. The summed E-state index contributed by atoms with van der Waals surface area (Å²) in [6.07, 6.45) is 0.985. The molecule has 3 aromatic rings. The second kappa shape index (κ2) is 14.1. The maximum atomic E-state index is 14.1. The standard InChI is InChI=1S/C31H38FN3O5S/c1-6-23(4)33-31(37)27(7-2)34(20-24-14-16-25(32)17-15-24)30(36)21-35(28-19-22(3)13-18-29(28)40-5)41(38,39)26-11-9-8-10-12-26/h8-19,23,27H,6-7,20-21H2,1-5H3,(H,33,37)/t23-,27+/m0/s1. The zero-order valence-corrected chi connectivity index (χ0v) is 24.9. The highest BCUT2D eigenvalue weighted by Gasteiger charge is 2.35. The van der Waals surface area contributed by atoms with Crippen LogP contribution in [0.25, 0.3) is 0 Å². The molecule has 0 radical (unpaired) electrons. The molecule has 0 aliphatic carbocycles. The summed E-state index contributed by atoms with van der Waals surface area (Å²) in [6, 6.07) is 17.5. The molecule has 1 N–H and O–H groups in total. The fourth-order valence-corrected chi connectivity index (χ4v) is 5.81. The number of nitrogens with zero attached hydrogens (tertiary/aromatic N) is 2. The third kappa shape index (κ3) is 7.85. The molecule has 0 spiro atoms. The van der Waals surface area contributed by atoms with Gasteiger partial charge in [0.05, 0.1) is 17.7 Å². The minimum absolute atomic E-state index is 0.00278. The second-order valence-corrected chi connectivity index (χ2v) is 11.8. The molecule has 0 bridgehead atoms. The number of hydrogen-bond acceptors (Lipinski definition) is 5. The molecule has 0 aromatic heterocycles. The first-order chi connectivity index (χ1) is 19.5. The highest BCUT2D eigenvalue weighted by Crippen LogP contribution is 2.33. The maximum Gasteiger partial charge on any atom is 0.264 e. The van der Waals surface area contributed by atoms with Gasteiger partial charge in [0.1, 0.15) is 24.2 Å². The SMILES string of the molecule is CC[C@H](C(=O)N[C@@H](C)CC)N(Cc1ccc(F)cc1)C(=O)CN(c1cc(C)ccc1OC)S(=O)(=O)c1ccccc1. The molecule has 0 saturated heterocycles. The first-order valence-corrected chi connectivity index (χ1v) is 15.0. The molecule has 0 fully saturated rings. The molecule has 0 unspecified atom stereocenters. The van der Waals surface area contributed by atoms with Crippen molar-refractivity contribution < 1.29 is 27.1 Å². The van der Waals surface area contributed by atoms with Gasteiger partial charge in [0.2, 0.25) is 11.8 Å². The van der Waals surface area contributed by atoms with E-state index in [1.807, 2.05) is 20.8 Å². The summed E-state index contributed by atoms with van der Waals surface area (Å²) >= 11 is 0. The number of aryl methyl sites for hydroxylation is 1. The van der Waals surface area contributed by atoms with E-state index in [9.17, 15) is 22.4 Å². The van der Waals surface area contributed by atoms with Gasteiger partial charge in [-0.15, -0.1) is 0 Å². The smallest absolute Gasteiger partial charge is 0.264 e. The Morgan fingerprint density at radius 3 is 2.22 bits per heavy atom. The van der Waals surface area contributed by atoms with Crippen molar-refractivity contribution in [3.05, 3.63) is 89.7 Å². The third-order valence-electron chi connectivity index (χ3n) is 6.87. The summed E-state index contributed by atoms with van der Waals surface area (Å²) in [5, 5.41) is 2.93. The van der Waals surface area contributed by atoms with Crippen molar-refractivity contribution >= 4 is 27.5 Å². The summed E-state index contributed by atoms with van der Waals surface area (Å²) in [6.45, 7) is 6.80. The van der Waals surface area contributed by atoms with Gasteiger partial charge in [0.15, 0.2) is 0 Å². The Kier molecular flexibility index (Phi) is 10.9. The molecule has 3 rings (SSSR count). The van der Waals surface area contributed by atoms with Gasteiger partial charge in [0.25, 0.3) is 10.0 Å². The van der Waals surface area contributed by atoms with Gasteiger partial charge in [-0.3, -0.25) is 13.9 Å². The van der Waals surface area contributed by atoms with Crippen molar-refractivity contribution in [3.63, 3.8) is 0 Å². The van der Waals surface area contributed by atoms with Gasteiger partial charge >= 0.3 is 0 Å². The molecule has 3 aromatic carbocycles. The minimum atomic E-state index is -4.23. The number of amides is 2. The topological polar surface area (TPSA) is 96.0 Å². The molecule has 41 heavy (non-hydrogen) atoms. The number of hydrogen-bond donors (Lipinski definition) is 1.